The van der Waals surface area contributed by atoms with E-state index in [0.29, 0.717) is 28.0 Å². The molecule has 17 heavy (non-hydrogen) atoms. The summed E-state index contributed by atoms with van der Waals surface area (Å²) >= 11 is 11.8. The molecule has 0 radical (unpaired) electrons. The smallest absolute Gasteiger partial charge is 0.197 e. The third kappa shape index (κ3) is 2.71. The largest absolute Gasteiger partial charge is 0.453 e. The molecule has 0 bridgehead atoms. The van der Waals surface area contributed by atoms with E-state index in [2.05, 4.69) is 0 Å². The van der Waals surface area contributed by atoms with Crippen molar-refractivity contribution in [1.29, 1.82) is 0 Å². The van der Waals surface area contributed by atoms with Gasteiger partial charge in [-0.25, -0.2) is 0 Å². The van der Waals surface area contributed by atoms with Gasteiger partial charge >= 0.3 is 0 Å². The van der Waals surface area contributed by atoms with E-state index in [0.717, 1.165) is 5.56 Å². The van der Waals surface area contributed by atoms with Crippen molar-refractivity contribution in [3.05, 3.63) is 46.1 Å². The minimum Gasteiger partial charge on any atom is -0.453 e. The summed E-state index contributed by atoms with van der Waals surface area (Å²) in [5.41, 5.74) is 0.762. The van der Waals surface area contributed by atoms with Gasteiger partial charge in [-0.05, 0) is 30.3 Å². The summed E-state index contributed by atoms with van der Waals surface area (Å²) in [4.78, 5) is 11.4. The molecule has 0 aliphatic heterocycles. The number of ketones is 1. The first-order chi connectivity index (χ1) is 8.10. The lowest BCUT2D eigenvalue weighted by Gasteiger charge is -1.99. The average Bonchev–Trinajstić information content (AvgIpc) is 2.76. The Kier molecular flexibility index (Phi) is 3.55. The van der Waals surface area contributed by atoms with Gasteiger partial charge in [0.15, 0.2) is 11.5 Å². The molecular weight excluding hydrogens is 259 g/mol. The number of hydrogen-bond acceptors (Lipinski definition) is 2. The van der Waals surface area contributed by atoms with Crippen molar-refractivity contribution in [1.82, 2.24) is 0 Å². The van der Waals surface area contributed by atoms with E-state index in [1.807, 2.05) is 0 Å². The van der Waals surface area contributed by atoms with Gasteiger partial charge in [0.05, 0.1) is 0 Å². The lowest BCUT2D eigenvalue weighted by Crippen LogP contribution is -1.92. The highest BCUT2D eigenvalue weighted by molar-refractivity contribution is 6.35. The van der Waals surface area contributed by atoms with E-state index in [1.165, 1.54) is 0 Å². The fourth-order valence-electron chi connectivity index (χ4n) is 1.51. The number of Topliss-reactive ketones (excluding diaryl/α,β-unsaturated/α-hetero) is 1. The molecule has 2 nitrogen and oxygen atoms in total. The average molecular weight is 269 g/mol. The zero-order valence-electron chi connectivity index (χ0n) is 9.17. The topological polar surface area (TPSA) is 30.2 Å². The Bertz CT molecular complexity index is 538. The van der Waals surface area contributed by atoms with Gasteiger partial charge < -0.3 is 4.42 Å². The van der Waals surface area contributed by atoms with E-state index in [9.17, 15) is 4.79 Å². The van der Waals surface area contributed by atoms with Crippen LogP contribution >= 0.6 is 23.2 Å². The second-order valence-corrected chi connectivity index (χ2v) is 4.47. The Labute approximate surface area is 109 Å². The molecule has 0 saturated carbocycles. The van der Waals surface area contributed by atoms with Crippen LogP contribution in [0.4, 0.5) is 0 Å². The number of carbonyl (C=O) groups excluding carboxylic acids is 1. The first-order valence-corrected chi connectivity index (χ1v) is 5.95. The molecule has 4 heteroatoms. The van der Waals surface area contributed by atoms with Crippen molar-refractivity contribution < 1.29 is 9.21 Å². The van der Waals surface area contributed by atoms with Crippen LogP contribution in [0.3, 0.4) is 0 Å². The molecule has 88 valence electrons. The summed E-state index contributed by atoms with van der Waals surface area (Å²) in [5.74, 6) is 0.925. The van der Waals surface area contributed by atoms with Crippen LogP contribution in [0.5, 0.6) is 0 Å². The van der Waals surface area contributed by atoms with Crippen molar-refractivity contribution in [3.8, 4) is 11.3 Å². The zero-order valence-corrected chi connectivity index (χ0v) is 10.7. The van der Waals surface area contributed by atoms with Crippen molar-refractivity contribution in [2.75, 3.05) is 0 Å². The van der Waals surface area contributed by atoms with Crippen LogP contribution in [-0.4, -0.2) is 5.78 Å². The van der Waals surface area contributed by atoms with E-state index in [-0.39, 0.29) is 5.78 Å². The summed E-state index contributed by atoms with van der Waals surface area (Å²) in [5, 5.41) is 1.07. The lowest BCUT2D eigenvalue weighted by atomic mass is 10.2. The van der Waals surface area contributed by atoms with Gasteiger partial charge in [0.2, 0.25) is 0 Å². The number of hydrogen-bond donors (Lipinski definition) is 0. The minimum absolute atomic E-state index is 0.0237. The SMILES string of the molecule is CCC(=O)c1ccc(-c2cc(Cl)cc(Cl)c2)o1. The van der Waals surface area contributed by atoms with Gasteiger partial charge in [0, 0.05) is 22.0 Å². The standard InChI is InChI=1S/C13H10Cl2O2/c1-2-11(16)13-4-3-12(17-13)8-5-9(14)7-10(15)6-8/h3-7H,2H2,1H3. The maximum Gasteiger partial charge on any atom is 0.197 e. The Morgan fingerprint density at radius 1 is 1.18 bits per heavy atom. The predicted octanol–water partition coefficient (Wildman–Crippen LogP) is 4.85. The van der Waals surface area contributed by atoms with Crippen molar-refractivity contribution in [3.63, 3.8) is 0 Å². The Morgan fingerprint density at radius 2 is 1.82 bits per heavy atom. The first kappa shape index (κ1) is 12.2. The number of rotatable bonds is 3. The van der Waals surface area contributed by atoms with Crippen LogP contribution in [0.25, 0.3) is 11.3 Å². The molecule has 1 aromatic carbocycles. The molecule has 0 saturated heterocycles. The van der Waals surface area contributed by atoms with Gasteiger partial charge in [-0.3, -0.25) is 4.79 Å². The number of benzene rings is 1. The molecule has 0 N–H and O–H groups in total. The predicted molar refractivity (Wildman–Crippen MR) is 68.8 cm³/mol. The monoisotopic (exact) mass is 268 g/mol. The van der Waals surface area contributed by atoms with Gasteiger partial charge in [0.1, 0.15) is 5.76 Å². The number of halogens is 2. The van der Waals surface area contributed by atoms with Crippen LogP contribution in [0.1, 0.15) is 23.9 Å². The lowest BCUT2D eigenvalue weighted by molar-refractivity contribution is 0.0962. The van der Waals surface area contributed by atoms with E-state index < -0.39 is 0 Å². The second kappa shape index (κ2) is 4.94. The third-order valence-corrected chi connectivity index (χ3v) is 2.79. The van der Waals surface area contributed by atoms with E-state index >= 15 is 0 Å². The fourth-order valence-corrected chi connectivity index (χ4v) is 2.04. The number of furan rings is 1. The quantitative estimate of drug-likeness (QED) is 0.746. The molecule has 0 aliphatic rings. The maximum atomic E-state index is 11.4. The summed E-state index contributed by atoms with van der Waals surface area (Å²) in [6.07, 6.45) is 0.420. The van der Waals surface area contributed by atoms with Crippen LogP contribution in [-0.2, 0) is 0 Å². The van der Waals surface area contributed by atoms with Crippen LogP contribution in [0, 0.1) is 0 Å². The highest BCUT2D eigenvalue weighted by Crippen LogP contribution is 2.28. The molecule has 2 rings (SSSR count). The van der Waals surface area contributed by atoms with Gasteiger partial charge in [-0.2, -0.15) is 0 Å². The third-order valence-electron chi connectivity index (χ3n) is 2.35. The second-order valence-electron chi connectivity index (χ2n) is 3.60. The van der Waals surface area contributed by atoms with Crippen LogP contribution in [0.2, 0.25) is 10.0 Å². The van der Waals surface area contributed by atoms with Gasteiger partial charge in [-0.1, -0.05) is 30.1 Å². The van der Waals surface area contributed by atoms with Crippen molar-refractivity contribution in [2.45, 2.75) is 13.3 Å². The first-order valence-electron chi connectivity index (χ1n) is 5.19. The number of carbonyl (C=O) groups is 1. The van der Waals surface area contributed by atoms with Crippen LogP contribution in [0.15, 0.2) is 34.7 Å². The van der Waals surface area contributed by atoms with Gasteiger partial charge in [0.25, 0.3) is 0 Å². The zero-order chi connectivity index (χ0) is 12.4. The fraction of sp³-hybridized carbons (Fsp3) is 0.154. The summed E-state index contributed by atoms with van der Waals surface area (Å²) < 4.78 is 5.47. The molecule has 0 aliphatic carbocycles. The Balaban J connectivity index is 2.40. The highest BCUT2D eigenvalue weighted by Gasteiger charge is 2.11. The normalized spacial score (nSPS) is 10.5. The molecule has 0 fully saturated rings. The molecule has 0 amide bonds. The van der Waals surface area contributed by atoms with Crippen molar-refractivity contribution >= 4 is 29.0 Å². The molecule has 0 spiro atoms. The summed E-state index contributed by atoms with van der Waals surface area (Å²) in [7, 11) is 0. The summed E-state index contributed by atoms with van der Waals surface area (Å²) in [6.45, 7) is 1.79. The van der Waals surface area contributed by atoms with Gasteiger partial charge in [-0.15, -0.1) is 0 Å². The Morgan fingerprint density at radius 3 is 2.41 bits per heavy atom. The molecule has 0 unspecified atom stereocenters. The molecule has 2 aromatic rings. The molecule has 1 heterocycles. The Hall–Kier alpha value is -1.25. The molecular formula is C13H10Cl2O2. The van der Waals surface area contributed by atoms with Crippen LogP contribution < -0.4 is 0 Å². The summed E-state index contributed by atoms with van der Waals surface area (Å²) in [6, 6.07) is 8.54. The highest BCUT2D eigenvalue weighted by atomic mass is 35.5. The maximum absolute atomic E-state index is 11.4. The molecule has 1 aromatic heterocycles. The van der Waals surface area contributed by atoms with E-state index in [1.54, 1.807) is 37.3 Å². The van der Waals surface area contributed by atoms with E-state index in [4.69, 9.17) is 27.6 Å². The minimum atomic E-state index is -0.0237. The molecule has 0 atom stereocenters. The van der Waals surface area contributed by atoms with Crippen molar-refractivity contribution in [2.24, 2.45) is 0 Å².